The molecule has 0 saturated heterocycles. The van der Waals surface area contributed by atoms with E-state index in [-0.39, 0.29) is 42.7 Å². The smallest absolute Gasteiger partial charge is 0.362 e. The van der Waals surface area contributed by atoms with Gasteiger partial charge in [0.2, 0.25) is 0 Å². The molecule has 0 spiro atoms. The standard InChI is InChI=1S/C53H83NO7/c1-6-8-10-12-14-16-18-20-22-24-25-26-27-28-30-32-34-36-38-40-42-44-52(56)61-49(47-59-46-45-50(53(57)58)54(3,4)5)48-60-51(55)43-41-39-37-35-33-31-29-23-21-19-17-15-13-11-9-7-2/h8-11,14-17,20-23,25-26,28,30-31,33-34,36,49-50H,6-7,12-13,18-19,24,27,29,32,35,37-48H2,1-5H3/p+1/b10-8+,11-9+,16-14+,17-15+,22-20+,23-21+,26-25+,30-28+,33-31+,36-34+. The number of likely N-dealkylation sites (N-methyl/N-ethyl adjacent to an activating group) is 1. The molecule has 0 aromatic rings. The molecule has 0 amide bonds. The van der Waals surface area contributed by atoms with Crippen LogP contribution in [0.3, 0.4) is 0 Å². The zero-order valence-corrected chi connectivity index (χ0v) is 38.8. The number of carbonyl (C=O) groups excluding carboxylic acids is 2. The van der Waals surface area contributed by atoms with Gasteiger partial charge < -0.3 is 23.8 Å². The molecule has 1 N–H and O–H groups in total. The van der Waals surface area contributed by atoms with Crippen molar-refractivity contribution in [3.05, 3.63) is 122 Å². The van der Waals surface area contributed by atoms with E-state index in [1.807, 2.05) is 21.1 Å². The van der Waals surface area contributed by atoms with Crippen LogP contribution >= 0.6 is 0 Å². The summed E-state index contributed by atoms with van der Waals surface area (Å²) in [4.78, 5) is 37.0. The number of carboxylic acids is 1. The number of ether oxygens (including phenoxy) is 3. The largest absolute Gasteiger partial charge is 0.477 e. The van der Waals surface area contributed by atoms with Gasteiger partial charge in [-0.15, -0.1) is 0 Å². The van der Waals surface area contributed by atoms with Crippen LogP contribution in [0.15, 0.2) is 122 Å². The van der Waals surface area contributed by atoms with Crippen molar-refractivity contribution >= 4 is 17.9 Å². The first-order valence-corrected chi connectivity index (χ1v) is 23.1. The van der Waals surface area contributed by atoms with Crippen LogP contribution in [0.2, 0.25) is 0 Å². The molecule has 0 aromatic carbocycles. The van der Waals surface area contributed by atoms with Gasteiger partial charge in [0.05, 0.1) is 34.4 Å². The van der Waals surface area contributed by atoms with Gasteiger partial charge in [-0.25, -0.2) is 4.79 Å². The summed E-state index contributed by atoms with van der Waals surface area (Å²) in [6, 6.07) is -0.636. The summed E-state index contributed by atoms with van der Waals surface area (Å²) >= 11 is 0. The molecular formula is C53H84NO7+. The fraction of sp³-hybridized carbons (Fsp3) is 0.566. The van der Waals surface area contributed by atoms with E-state index in [1.165, 1.54) is 0 Å². The maximum Gasteiger partial charge on any atom is 0.362 e. The van der Waals surface area contributed by atoms with Crippen molar-refractivity contribution in [1.82, 2.24) is 0 Å². The Bertz CT molecular complexity index is 1400. The van der Waals surface area contributed by atoms with Crippen molar-refractivity contribution in [2.45, 2.75) is 154 Å². The van der Waals surface area contributed by atoms with Gasteiger partial charge >= 0.3 is 17.9 Å². The lowest BCUT2D eigenvalue weighted by atomic mass is 10.1. The van der Waals surface area contributed by atoms with Gasteiger partial charge in [-0.1, -0.05) is 142 Å². The normalized spacial score (nSPS) is 14.0. The number of carbonyl (C=O) groups is 3. The topological polar surface area (TPSA) is 99.1 Å². The van der Waals surface area contributed by atoms with E-state index in [9.17, 15) is 19.5 Å². The van der Waals surface area contributed by atoms with E-state index in [1.54, 1.807) is 0 Å². The van der Waals surface area contributed by atoms with Gasteiger partial charge in [-0.05, 0) is 103 Å². The number of quaternary nitrogens is 1. The van der Waals surface area contributed by atoms with Crippen LogP contribution in [0.4, 0.5) is 0 Å². The van der Waals surface area contributed by atoms with Crippen LogP contribution in [0, 0.1) is 0 Å². The highest BCUT2D eigenvalue weighted by Gasteiger charge is 2.31. The van der Waals surface area contributed by atoms with E-state index in [2.05, 4.69) is 135 Å². The van der Waals surface area contributed by atoms with Crippen molar-refractivity contribution in [1.29, 1.82) is 0 Å². The van der Waals surface area contributed by atoms with Crippen LogP contribution in [-0.2, 0) is 28.6 Å². The first-order chi connectivity index (χ1) is 29.6. The predicted molar refractivity (Wildman–Crippen MR) is 256 cm³/mol. The third-order valence-electron chi connectivity index (χ3n) is 9.36. The molecule has 0 radical (unpaired) electrons. The lowest BCUT2D eigenvalue weighted by Crippen LogP contribution is -2.50. The minimum Gasteiger partial charge on any atom is -0.477 e. The lowest BCUT2D eigenvalue weighted by Gasteiger charge is -2.31. The first-order valence-electron chi connectivity index (χ1n) is 23.1. The van der Waals surface area contributed by atoms with Crippen molar-refractivity contribution in [2.75, 3.05) is 41.0 Å². The van der Waals surface area contributed by atoms with Crippen LogP contribution in [0.1, 0.15) is 142 Å². The molecule has 0 aromatic heterocycles. The zero-order chi connectivity index (χ0) is 44.9. The summed E-state index contributed by atoms with van der Waals surface area (Å²) in [5, 5.41) is 9.63. The molecule has 0 aliphatic carbocycles. The zero-order valence-electron chi connectivity index (χ0n) is 38.8. The Labute approximate surface area is 371 Å². The van der Waals surface area contributed by atoms with E-state index >= 15 is 0 Å². The fourth-order valence-corrected chi connectivity index (χ4v) is 5.85. The minimum atomic E-state index is -0.893. The Balaban J connectivity index is 4.49. The van der Waals surface area contributed by atoms with Crippen molar-refractivity contribution in [2.24, 2.45) is 0 Å². The maximum absolute atomic E-state index is 12.7. The van der Waals surface area contributed by atoms with Gasteiger partial charge in [0.25, 0.3) is 0 Å². The summed E-state index contributed by atoms with van der Waals surface area (Å²) < 4.78 is 17.2. The molecule has 0 saturated carbocycles. The van der Waals surface area contributed by atoms with Crippen LogP contribution in [-0.4, -0.2) is 80.6 Å². The highest BCUT2D eigenvalue weighted by atomic mass is 16.6. The van der Waals surface area contributed by atoms with E-state index < -0.39 is 18.1 Å². The van der Waals surface area contributed by atoms with Gasteiger partial charge in [0.15, 0.2) is 12.1 Å². The number of hydrogen-bond acceptors (Lipinski definition) is 6. The first kappa shape index (κ1) is 56.7. The second kappa shape index (κ2) is 42.4. The lowest BCUT2D eigenvalue weighted by molar-refractivity contribution is -0.887. The Morgan fingerprint density at radius 2 is 0.869 bits per heavy atom. The SMILES string of the molecule is CC/C=C/C/C=C/C/C=C/C/C=C/C/C=C/C/C=C/CCCCC(=O)OC(COCCC(C(=O)O)[N+](C)(C)C)COC(=O)CCCCC/C=C/C/C=C/C/C=C/C/C=C/CC. The fourth-order valence-electron chi connectivity index (χ4n) is 5.85. The summed E-state index contributed by atoms with van der Waals surface area (Å²) in [5.74, 6) is -1.59. The van der Waals surface area contributed by atoms with E-state index in [4.69, 9.17) is 14.2 Å². The molecular weight excluding hydrogens is 763 g/mol. The molecule has 2 unspecified atom stereocenters. The molecule has 61 heavy (non-hydrogen) atoms. The number of rotatable bonds is 39. The Morgan fingerprint density at radius 3 is 1.28 bits per heavy atom. The second-order valence-corrected chi connectivity index (χ2v) is 15.9. The summed E-state index contributed by atoms with van der Waals surface area (Å²) in [5.41, 5.74) is 0. The number of aliphatic carboxylic acids is 1. The van der Waals surface area contributed by atoms with Gasteiger partial charge in [0, 0.05) is 19.3 Å². The molecule has 2 atom stereocenters. The molecule has 0 bridgehead atoms. The van der Waals surface area contributed by atoms with Crippen LogP contribution in [0.25, 0.3) is 0 Å². The molecule has 0 aliphatic heterocycles. The maximum atomic E-state index is 12.7. The monoisotopic (exact) mass is 847 g/mol. The van der Waals surface area contributed by atoms with Crippen LogP contribution < -0.4 is 0 Å². The summed E-state index contributed by atoms with van der Waals surface area (Å²) in [6.45, 7) is 4.40. The molecule has 8 heteroatoms. The third-order valence-corrected chi connectivity index (χ3v) is 9.36. The Hall–Kier alpha value is -4.27. The number of carboxylic acid groups (broad SMARTS) is 1. The minimum absolute atomic E-state index is 0.0237. The second-order valence-electron chi connectivity index (χ2n) is 15.9. The summed E-state index contributed by atoms with van der Waals surface area (Å²) in [7, 11) is 5.49. The van der Waals surface area contributed by atoms with Crippen molar-refractivity contribution in [3.63, 3.8) is 0 Å². The Kier molecular flexibility index (Phi) is 39.5. The highest BCUT2D eigenvalue weighted by molar-refractivity contribution is 5.72. The number of esters is 2. The van der Waals surface area contributed by atoms with Crippen molar-refractivity contribution < 1.29 is 38.2 Å². The molecule has 0 aliphatic rings. The average molecular weight is 847 g/mol. The van der Waals surface area contributed by atoms with E-state index in [0.29, 0.717) is 19.3 Å². The van der Waals surface area contributed by atoms with Crippen molar-refractivity contribution in [3.8, 4) is 0 Å². The van der Waals surface area contributed by atoms with Gasteiger partial charge in [-0.2, -0.15) is 0 Å². The van der Waals surface area contributed by atoms with E-state index in [0.717, 1.165) is 103 Å². The molecule has 342 valence electrons. The number of nitrogens with zero attached hydrogens (tertiary/aromatic N) is 1. The third kappa shape index (κ3) is 40.9. The quantitative estimate of drug-likeness (QED) is 0.0285. The number of hydrogen-bond donors (Lipinski definition) is 1. The van der Waals surface area contributed by atoms with Gasteiger partial charge in [-0.3, -0.25) is 9.59 Å². The summed E-state index contributed by atoms with van der Waals surface area (Å²) in [6.07, 6.45) is 59.6. The molecule has 0 heterocycles. The molecule has 0 rings (SSSR count). The number of allylic oxidation sites excluding steroid dienone is 20. The highest BCUT2D eigenvalue weighted by Crippen LogP contribution is 2.11. The Morgan fingerprint density at radius 1 is 0.492 bits per heavy atom. The predicted octanol–water partition coefficient (Wildman–Crippen LogP) is 13.0. The number of unbranched alkanes of at least 4 members (excludes halogenated alkanes) is 5. The average Bonchev–Trinajstić information content (AvgIpc) is 3.22. The van der Waals surface area contributed by atoms with Crippen LogP contribution in [0.5, 0.6) is 0 Å². The molecule has 0 fully saturated rings. The van der Waals surface area contributed by atoms with Gasteiger partial charge in [0.1, 0.15) is 6.61 Å². The molecule has 8 nitrogen and oxygen atoms in total.